The highest BCUT2D eigenvalue weighted by molar-refractivity contribution is 6.31. The Bertz CT molecular complexity index is 715. The molecular weight excluding hydrogens is 330 g/mol. The average Bonchev–Trinajstić information content (AvgIpc) is 2.60. The van der Waals surface area contributed by atoms with Gasteiger partial charge in [0.15, 0.2) is 0 Å². The monoisotopic (exact) mass is 347 g/mol. The maximum Gasteiger partial charge on any atom is 0.326 e. The Balaban J connectivity index is 1.86. The number of benzene rings is 2. The molecule has 0 saturated heterocycles. The van der Waals surface area contributed by atoms with Gasteiger partial charge >= 0.3 is 5.97 Å². The zero-order valence-corrected chi connectivity index (χ0v) is 14.2. The topological polar surface area (TPSA) is 64.6 Å². The fourth-order valence-electron chi connectivity index (χ4n) is 2.10. The summed E-state index contributed by atoms with van der Waals surface area (Å²) in [6.07, 6.45) is -0.496. The van der Waals surface area contributed by atoms with E-state index in [9.17, 15) is 9.59 Å². The highest BCUT2D eigenvalue weighted by Crippen LogP contribution is 2.24. The number of esters is 1. The molecule has 2 aromatic rings. The molecule has 5 nitrogen and oxygen atoms in total. The van der Waals surface area contributed by atoms with Gasteiger partial charge in [-0.1, -0.05) is 29.8 Å². The molecule has 0 aliphatic heterocycles. The molecule has 0 aliphatic rings. The maximum atomic E-state index is 12.0. The molecular formula is C18H18ClNO4. The van der Waals surface area contributed by atoms with Gasteiger partial charge in [-0.3, -0.25) is 9.59 Å². The lowest BCUT2D eigenvalue weighted by molar-refractivity contribution is -0.147. The van der Waals surface area contributed by atoms with Crippen molar-refractivity contribution in [2.75, 3.05) is 13.7 Å². The van der Waals surface area contributed by atoms with E-state index in [0.29, 0.717) is 21.9 Å². The van der Waals surface area contributed by atoms with Gasteiger partial charge in [0.1, 0.15) is 18.4 Å². The number of halogens is 1. The number of nitrogens with one attached hydrogen (secondary N) is 1. The molecule has 1 amide bonds. The number of amides is 1. The molecule has 0 heterocycles. The van der Waals surface area contributed by atoms with Gasteiger partial charge in [0.25, 0.3) is 5.91 Å². The van der Waals surface area contributed by atoms with Crippen LogP contribution < -0.4 is 10.1 Å². The summed E-state index contributed by atoms with van der Waals surface area (Å²) >= 11 is 6.06. The zero-order chi connectivity index (χ0) is 17.5. The van der Waals surface area contributed by atoms with E-state index >= 15 is 0 Å². The van der Waals surface area contributed by atoms with Crippen LogP contribution >= 0.6 is 11.6 Å². The first kappa shape index (κ1) is 17.8. The van der Waals surface area contributed by atoms with Crippen LogP contribution in [0.15, 0.2) is 48.5 Å². The van der Waals surface area contributed by atoms with Crippen molar-refractivity contribution in [2.45, 2.75) is 13.0 Å². The summed E-state index contributed by atoms with van der Waals surface area (Å²) in [4.78, 5) is 23.9. The standard InChI is InChI=1S/C18H18ClNO4/c1-12(15-5-3-4-6-16(15)19)24-17(21)11-20-18(22)13-7-9-14(23-2)10-8-13/h3-10,12H,11H2,1-2H3,(H,20,22)/t12-/m0/s1. The van der Waals surface area contributed by atoms with Crippen LogP contribution in [0.5, 0.6) is 5.75 Å². The first-order valence-corrected chi connectivity index (χ1v) is 7.75. The lowest BCUT2D eigenvalue weighted by Gasteiger charge is -2.15. The molecule has 24 heavy (non-hydrogen) atoms. The first-order valence-electron chi connectivity index (χ1n) is 7.37. The van der Waals surface area contributed by atoms with Gasteiger partial charge in [-0.05, 0) is 37.3 Å². The molecule has 1 N–H and O–H groups in total. The molecule has 0 unspecified atom stereocenters. The van der Waals surface area contributed by atoms with E-state index in [1.165, 1.54) is 0 Å². The minimum Gasteiger partial charge on any atom is -0.497 e. The number of carbonyl (C=O) groups is 2. The number of hydrogen-bond acceptors (Lipinski definition) is 4. The minimum atomic E-state index is -0.538. The third-order valence-electron chi connectivity index (χ3n) is 3.40. The Morgan fingerprint density at radius 3 is 2.42 bits per heavy atom. The molecule has 0 radical (unpaired) electrons. The van der Waals surface area contributed by atoms with Gasteiger partial charge in [-0.15, -0.1) is 0 Å². The first-order chi connectivity index (χ1) is 11.5. The molecule has 0 spiro atoms. The second kappa shape index (κ2) is 8.36. The van der Waals surface area contributed by atoms with Gasteiger partial charge in [0.2, 0.25) is 0 Å². The van der Waals surface area contributed by atoms with Crippen LogP contribution in [0.4, 0.5) is 0 Å². The fraction of sp³-hybridized carbons (Fsp3) is 0.222. The van der Waals surface area contributed by atoms with Crippen molar-refractivity contribution in [2.24, 2.45) is 0 Å². The second-order valence-electron chi connectivity index (χ2n) is 5.06. The molecule has 0 fully saturated rings. The predicted molar refractivity (Wildman–Crippen MR) is 91.3 cm³/mol. The summed E-state index contributed by atoms with van der Waals surface area (Å²) in [7, 11) is 1.55. The minimum absolute atomic E-state index is 0.223. The molecule has 2 aromatic carbocycles. The van der Waals surface area contributed by atoms with Gasteiger partial charge in [-0.25, -0.2) is 0 Å². The normalized spacial score (nSPS) is 11.5. The average molecular weight is 348 g/mol. The van der Waals surface area contributed by atoms with E-state index in [4.69, 9.17) is 21.1 Å². The Labute approximate surface area is 145 Å². The molecule has 0 bridgehead atoms. The van der Waals surface area contributed by atoms with E-state index in [1.54, 1.807) is 56.5 Å². The SMILES string of the molecule is COc1ccc(C(=O)NCC(=O)O[C@@H](C)c2ccccc2Cl)cc1. The molecule has 6 heteroatoms. The number of carbonyl (C=O) groups excluding carboxylic acids is 2. The van der Waals surface area contributed by atoms with Crippen LogP contribution in [0, 0.1) is 0 Å². The summed E-state index contributed by atoms with van der Waals surface area (Å²) < 4.78 is 10.3. The van der Waals surface area contributed by atoms with Gasteiger partial charge in [0, 0.05) is 16.1 Å². The van der Waals surface area contributed by atoms with Gasteiger partial charge in [-0.2, -0.15) is 0 Å². The largest absolute Gasteiger partial charge is 0.497 e. The van der Waals surface area contributed by atoms with Crippen LogP contribution in [0.1, 0.15) is 28.9 Å². The summed E-state index contributed by atoms with van der Waals surface area (Å²) in [5.74, 6) is -0.246. The number of hydrogen-bond donors (Lipinski definition) is 1. The molecule has 0 aromatic heterocycles. The van der Waals surface area contributed by atoms with Crippen molar-refractivity contribution in [3.05, 3.63) is 64.7 Å². The number of ether oxygens (including phenoxy) is 2. The molecule has 0 aliphatic carbocycles. The van der Waals surface area contributed by atoms with E-state index in [-0.39, 0.29) is 12.5 Å². The third-order valence-corrected chi connectivity index (χ3v) is 3.74. The summed E-state index contributed by atoms with van der Waals surface area (Å²) in [6.45, 7) is 1.50. The highest BCUT2D eigenvalue weighted by atomic mass is 35.5. The van der Waals surface area contributed by atoms with E-state index in [0.717, 1.165) is 0 Å². The fourth-order valence-corrected chi connectivity index (χ4v) is 2.39. The number of rotatable bonds is 6. The Morgan fingerprint density at radius 1 is 1.12 bits per heavy atom. The quantitative estimate of drug-likeness (QED) is 0.813. The Kier molecular flexibility index (Phi) is 6.21. The Morgan fingerprint density at radius 2 is 1.79 bits per heavy atom. The zero-order valence-electron chi connectivity index (χ0n) is 13.4. The molecule has 0 saturated carbocycles. The van der Waals surface area contributed by atoms with Gasteiger partial charge < -0.3 is 14.8 Å². The van der Waals surface area contributed by atoms with Crippen LogP contribution in [-0.2, 0) is 9.53 Å². The van der Waals surface area contributed by atoms with E-state index in [2.05, 4.69) is 5.32 Å². The predicted octanol–water partition coefficient (Wildman–Crippen LogP) is 3.38. The highest BCUT2D eigenvalue weighted by Gasteiger charge is 2.15. The van der Waals surface area contributed by atoms with Gasteiger partial charge in [0.05, 0.1) is 7.11 Å². The van der Waals surface area contributed by atoms with Crippen molar-refractivity contribution in [3.8, 4) is 5.75 Å². The van der Waals surface area contributed by atoms with Crippen LogP contribution in [0.25, 0.3) is 0 Å². The lowest BCUT2D eigenvalue weighted by Crippen LogP contribution is -2.31. The van der Waals surface area contributed by atoms with Crippen LogP contribution in [0.2, 0.25) is 5.02 Å². The van der Waals surface area contributed by atoms with Crippen molar-refractivity contribution in [1.29, 1.82) is 0 Å². The third kappa shape index (κ3) is 4.73. The number of methoxy groups -OCH3 is 1. The lowest BCUT2D eigenvalue weighted by atomic mass is 10.1. The van der Waals surface area contributed by atoms with Crippen LogP contribution in [-0.4, -0.2) is 25.5 Å². The van der Waals surface area contributed by atoms with Crippen molar-refractivity contribution in [3.63, 3.8) is 0 Å². The van der Waals surface area contributed by atoms with Crippen LogP contribution in [0.3, 0.4) is 0 Å². The van der Waals surface area contributed by atoms with Crippen molar-refractivity contribution < 1.29 is 19.1 Å². The Hall–Kier alpha value is -2.53. The summed E-state index contributed by atoms with van der Waals surface area (Å²) in [6, 6.07) is 13.7. The second-order valence-corrected chi connectivity index (χ2v) is 5.47. The molecule has 2 rings (SSSR count). The summed E-state index contributed by atoms with van der Waals surface area (Å²) in [5.41, 5.74) is 1.15. The van der Waals surface area contributed by atoms with Crippen molar-refractivity contribution >= 4 is 23.5 Å². The van der Waals surface area contributed by atoms with E-state index < -0.39 is 12.1 Å². The summed E-state index contributed by atoms with van der Waals surface area (Å²) in [5, 5.41) is 3.05. The molecule has 126 valence electrons. The molecule has 1 atom stereocenters. The van der Waals surface area contributed by atoms with Crippen molar-refractivity contribution in [1.82, 2.24) is 5.32 Å². The smallest absolute Gasteiger partial charge is 0.326 e. The maximum absolute atomic E-state index is 12.0. The van der Waals surface area contributed by atoms with E-state index in [1.807, 2.05) is 6.07 Å².